The molecule has 0 amide bonds. The lowest BCUT2D eigenvalue weighted by molar-refractivity contribution is -0.142. The number of nitrogens with zero attached hydrogens (tertiary/aromatic N) is 2. The van der Waals surface area contributed by atoms with Crippen LogP contribution in [0.5, 0.6) is 0 Å². The second-order valence-corrected chi connectivity index (χ2v) is 4.77. The highest BCUT2D eigenvalue weighted by atomic mass is 16.5. The number of aromatic nitrogens is 1. The molecule has 2 rings (SSSR count). The third kappa shape index (κ3) is 3.53. The Hall–Kier alpha value is -1.42. The molecule has 0 spiro atoms. The summed E-state index contributed by atoms with van der Waals surface area (Å²) in [5.41, 5.74) is 1.20. The SMILES string of the molecule is COC(=O)CN(Cc1ccncc1)C1CCCC1. The van der Waals surface area contributed by atoms with Gasteiger partial charge in [0.15, 0.2) is 0 Å². The summed E-state index contributed by atoms with van der Waals surface area (Å²) in [4.78, 5) is 17.7. The Bertz CT molecular complexity index is 375. The van der Waals surface area contributed by atoms with Crippen LogP contribution in [-0.2, 0) is 16.1 Å². The minimum atomic E-state index is -0.157. The molecule has 0 atom stereocenters. The summed E-state index contributed by atoms with van der Waals surface area (Å²) in [5.74, 6) is -0.157. The minimum absolute atomic E-state index is 0.157. The van der Waals surface area contributed by atoms with Crippen LogP contribution in [0.2, 0.25) is 0 Å². The highest BCUT2D eigenvalue weighted by Gasteiger charge is 2.24. The number of rotatable bonds is 5. The maximum Gasteiger partial charge on any atom is 0.319 e. The molecule has 1 aromatic rings. The van der Waals surface area contributed by atoms with Gasteiger partial charge in [0.2, 0.25) is 0 Å². The van der Waals surface area contributed by atoms with Crippen LogP contribution in [0.3, 0.4) is 0 Å². The number of esters is 1. The summed E-state index contributed by atoms with van der Waals surface area (Å²) >= 11 is 0. The quantitative estimate of drug-likeness (QED) is 0.747. The lowest BCUT2D eigenvalue weighted by Gasteiger charge is -2.27. The second-order valence-electron chi connectivity index (χ2n) is 4.77. The summed E-state index contributed by atoms with van der Waals surface area (Å²) in [7, 11) is 1.45. The first kappa shape index (κ1) is 13.0. The van der Waals surface area contributed by atoms with Crippen LogP contribution in [-0.4, -0.2) is 35.5 Å². The van der Waals surface area contributed by atoms with Crippen molar-refractivity contribution in [3.05, 3.63) is 30.1 Å². The molecular formula is C14H20N2O2. The molecule has 0 bridgehead atoms. The molecule has 0 aromatic carbocycles. The predicted molar refractivity (Wildman–Crippen MR) is 68.9 cm³/mol. The molecule has 1 saturated carbocycles. The standard InChI is InChI=1S/C14H20N2O2/c1-18-14(17)11-16(13-4-2-3-5-13)10-12-6-8-15-9-7-12/h6-9,13H,2-5,10-11H2,1H3. The molecule has 1 aliphatic rings. The first-order chi connectivity index (χ1) is 8.79. The molecule has 98 valence electrons. The van der Waals surface area contributed by atoms with E-state index in [-0.39, 0.29) is 5.97 Å². The molecule has 1 heterocycles. The Labute approximate surface area is 108 Å². The fraction of sp³-hybridized carbons (Fsp3) is 0.571. The molecular weight excluding hydrogens is 228 g/mol. The molecule has 0 unspecified atom stereocenters. The van der Waals surface area contributed by atoms with Crippen molar-refractivity contribution in [3.63, 3.8) is 0 Å². The molecule has 0 N–H and O–H groups in total. The number of carbonyl (C=O) groups is 1. The highest BCUT2D eigenvalue weighted by molar-refractivity contribution is 5.71. The van der Waals surface area contributed by atoms with Crippen LogP contribution in [0.1, 0.15) is 31.2 Å². The number of hydrogen-bond donors (Lipinski definition) is 0. The van der Waals surface area contributed by atoms with E-state index < -0.39 is 0 Å². The van der Waals surface area contributed by atoms with E-state index in [4.69, 9.17) is 4.74 Å². The van der Waals surface area contributed by atoms with Gasteiger partial charge < -0.3 is 4.74 Å². The van der Waals surface area contributed by atoms with E-state index in [2.05, 4.69) is 9.88 Å². The lowest BCUT2D eigenvalue weighted by Crippen LogP contribution is -2.37. The Balaban J connectivity index is 2.01. The van der Waals surface area contributed by atoms with Gasteiger partial charge in [-0.2, -0.15) is 0 Å². The van der Waals surface area contributed by atoms with Crippen molar-refractivity contribution >= 4 is 5.97 Å². The maximum atomic E-state index is 11.5. The fourth-order valence-corrected chi connectivity index (χ4v) is 2.54. The topological polar surface area (TPSA) is 42.4 Å². The van der Waals surface area contributed by atoms with Crippen LogP contribution in [0.4, 0.5) is 0 Å². The van der Waals surface area contributed by atoms with E-state index in [1.54, 1.807) is 12.4 Å². The van der Waals surface area contributed by atoms with E-state index in [1.807, 2.05) is 12.1 Å². The third-order valence-electron chi connectivity index (χ3n) is 3.54. The number of hydrogen-bond acceptors (Lipinski definition) is 4. The Morgan fingerprint density at radius 2 is 2.06 bits per heavy atom. The van der Waals surface area contributed by atoms with Crippen molar-refractivity contribution in [1.82, 2.24) is 9.88 Å². The van der Waals surface area contributed by atoms with Gasteiger partial charge >= 0.3 is 5.97 Å². The Morgan fingerprint density at radius 3 is 2.67 bits per heavy atom. The molecule has 1 aromatic heterocycles. The second kappa shape index (κ2) is 6.50. The van der Waals surface area contributed by atoms with E-state index in [1.165, 1.54) is 38.4 Å². The van der Waals surface area contributed by atoms with Crippen LogP contribution in [0, 0.1) is 0 Å². The van der Waals surface area contributed by atoms with Gasteiger partial charge in [0.25, 0.3) is 0 Å². The van der Waals surface area contributed by atoms with E-state index in [0.717, 1.165) is 6.54 Å². The summed E-state index contributed by atoms with van der Waals surface area (Å²) in [6, 6.07) is 4.51. The van der Waals surface area contributed by atoms with Crippen LogP contribution < -0.4 is 0 Å². The number of ether oxygens (including phenoxy) is 1. The average molecular weight is 248 g/mol. The average Bonchev–Trinajstić information content (AvgIpc) is 2.93. The van der Waals surface area contributed by atoms with Crippen molar-refractivity contribution in [2.75, 3.05) is 13.7 Å². The van der Waals surface area contributed by atoms with E-state index >= 15 is 0 Å². The van der Waals surface area contributed by atoms with Crippen LogP contribution in [0.15, 0.2) is 24.5 Å². The monoisotopic (exact) mass is 248 g/mol. The normalized spacial score (nSPS) is 16.1. The van der Waals surface area contributed by atoms with Crippen LogP contribution in [0.25, 0.3) is 0 Å². The van der Waals surface area contributed by atoms with Gasteiger partial charge in [0.05, 0.1) is 13.7 Å². The predicted octanol–water partition coefficient (Wildman–Crippen LogP) is 2.00. The first-order valence-electron chi connectivity index (χ1n) is 6.49. The van der Waals surface area contributed by atoms with Crippen molar-refractivity contribution in [2.45, 2.75) is 38.3 Å². The summed E-state index contributed by atoms with van der Waals surface area (Å²) < 4.78 is 4.79. The van der Waals surface area contributed by atoms with Crippen molar-refractivity contribution < 1.29 is 9.53 Å². The van der Waals surface area contributed by atoms with Gasteiger partial charge in [-0.05, 0) is 30.5 Å². The summed E-state index contributed by atoms with van der Waals surface area (Å²) in [6.07, 6.45) is 8.47. The molecule has 18 heavy (non-hydrogen) atoms. The molecule has 0 radical (unpaired) electrons. The van der Waals surface area contributed by atoms with Crippen molar-refractivity contribution in [1.29, 1.82) is 0 Å². The number of carbonyl (C=O) groups excluding carboxylic acids is 1. The fourth-order valence-electron chi connectivity index (χ4n) is 2.54. The Kier molecular flexibility index (Phi) is 4.70. The first-order valence-corrected chi connectivity index (χ1v) is 6.49. The summed E-state index contributed by atoms with van der Waals surface area (Å²) in [6.45, 7) is 1.17. The minimum Gasteiger partial charge on any atom is -0.468 e. The number of methoxy groups -OCH3 is 1. The highest BCUT2D eigenvalue weighted by Crippen LogP contribution is 2.24. The van der Waals surface area contributed by atoms with Gasteiger partial charge in [0.1, 0.15) is 0 Å². The zero-order chi connectivity index (χ0) is 12.8. The lowest BCUT2D eigenvalue weighted by atomic mass is 10.1. The smallest absolute Gasteiger partial charge is 0.319 e. The molecule has 4 nitrogen and oxygen atoms in total. The zero-order valence-electron chi connectivity index (χ0n) is 10.8. The molecule has 0 saturated heterocycles. The van der Waals surface area contributed by atoms with Gasteiger partial charge in [-0.1, -0.05) is 12.8 Å². The van der Waals surface area contributed by atoms with Crippen molar-refractivity contribution in [3.8, 4) is 0 Å². The molecule has 4 heteroatoms. The van der Waals surface area contributed by atoms with Gasteiger partial charge in [-0.15, -0.1) is 0 Å². The maximum absolute atomic E-state index is 11.5. The van der Waals surface area contributed by atoms with Crippen molar-refractivity contribution in [2.24, 2.45) is 0 Å². The molecule has 1 aliphatic carbocycles. The zero-order valence-corrected chi connectivity index (χ0v) is 10.8. The van der Waals surface area contributed by atoms with Gasteiger partial charge in [0, 0.05) is 25.0 Å². The summed E-state index contributed by atoms with van der Waals surface area (Å²) in [5, 5.41) is 0. The molecule has 0 aliphatic heterocycles. The third-order valence-corrected chi connectivity index (χ3v) is 3.54. The number of pyridine rings is 1. The van der Waals surface area contributed by atoms with E-state index in [0.29, 0.717) is 12.6 Å². The Morgan fingerprint density at radius 1 is 1.39 bits per heavy atom. The van der Waals surface area contributed by atoms with Gasteiger partial charge in [-0.25, -0.2) is 0 Å². The van der Waals surface area contributed by atoms with E-state index in [9.17, 15) is 4.79 Å². The molecule has 1 fully saturated rings. The van der Waals surface area contributed by atoms with Gasteiger partial charge in [-0.3, -0.25) is 14.7 Å². The largest absolute Gasteiger partial charge is 0.468 e. The van der Waals surface area contributed by atoms with Crippen LogP contribution >= 0.6 is 0 Å².